The Hall–Kier alpha value is -13.8. The molecule has 0 saturated heterocycles. The number of aromatic nitrogens is 4. The molecule has 18 aromatic carbocycles. The van der Waals surface area contributed by atoms with Crippen LogP contribution < -0.4 is 0 Å². The van der Waals surface area contributed by atoms with Gasteiger partial charge >= 0.3 is 0 Å². The number of rotatable bonds is 6. The Labute approximate surface area is 636 Å². The molecule has 0 atom stereocenters. The summed E-state index contributed by atoms with van der Waals surface area (Å²) in [5.41, 5.74) is 30.2. The van der Waals surface area contributed by atoms with Gasteiger partial charge in [-0.3, -0.25) is 0 Å². The van der Waals surface area contributed by atoms with E-state index in [1.807, 2.05) is 0 Å². The number of hydrogen-bond donors (Lipinski definition) is 0. The lowest BCUT2D eigenvalue weighted by atomic mass is 9.82. The van der Waals surface area contributed by atoms with Gasteiger partial charge < -0.3 is 18.3 Å². The maximum absolute atomic E-state index is 2.50. The highest BCUT2D eigenvalue weighted by molar-refractivity contribution is 6.17. The molecule has 0 unspecified atom stereocenters. The Morgan fingerprint density at radius 2 is 0.500 bits per heavy atom. The normalized spacial score (nSPS) is 13.4. The maximum atomic E-state index is 2.50. The van der Waals surface area contributed by atoms with E-state index in [9.17, 15) is 0 Å². The van der Waals surface area contributed by atoms with Crippen molar-refractivity contribution in [3.63, 3.8) is 0 Å². The highest BCUT2D eigenvalue weighted by atomic mass is 15.0. The summed E-state index contributed by atoms with van der Waals surface area (Å²) in [7, 11) is 0. The van der Waals surface area contributed by atoms with E-state index >= 15 is 0 Å². The van der Waals surface area contributed by atoms with Crippen molar-refractivity contribution in [2.24, 2.45) is 0 Å². The first-order valence-corrected chi connectivity index (χ1v) is 38.5. The summed E-state index contributed by atoms with van der Waals surface area (Å²) in [6.07, 6.45) is 0. The topological polar surface area (TPSA) is 19.7 Å². The molecule has 22 aromatic rings. The molecule has 24 rings (SSSR count). The smallest absolute Gasteiger partial charge is 0.0547 e. The van der Waals surface area contributed by atoms with E-state index < -0.39 is 0 Å². The Morgan fingerprint density at radius 1 is 0.173 bits per heavy atom. The summed E-state index contributed by atoms with van der Waals surface area (Å²) in [5, 5.41) is 20.2. The Bertz CT molecular complexity index is 7710. The van der Waals surface area contributed by atoms with Crippen molar-refractivity contribution in [1.29, 1.82) is 0 Å². The van der Waals surface area contributed by atoms with Gasteiger partial charge in [0.15, 0.2) is 0 Å². The first-order chi connectivity index (χ1) is 54.1. The van der Waals surface area contributed by atoms with Gasteiger partial charge in [0, 0.05) is 76.1 Å². The molecule has 0 radical (unpaired) electrons. The van der Waals surface area contributed by atoms with Crippen LogP contribution in [0.1, 0.15) is 49.9 Å². The van der Waals surface area contributed by atoms with Gasteiger partial charge in [0.05, 0.1) is 55.5 Å². The van der Waals surface area contributed by atoms with Gasteiger partial charge in [-0.1, -0.05) is 270 Å². The molecule has 516 valence electrons. The fraction of sp³-hybridized carbons (Fsp3) is 0.0566. The lowest BCUT2D eigenvalue weighted by molar-refractivity contribution is 0.661. The van der Waals surface area contributed by atoms with Crippen molar-refractivity contribution in [2.45, 2.75) is 38.5 Å². The summed E-state index contributed by atoms with van der Waals surface area (Å²) < 4.78 is 9.85. The van der Waals surface area contributed by atoms with E-state index in [4.69, 9.17) is 0 Å². The number of fused-ring (bicyclic) bond motifs is 22. The molecular weight excluding hydrogens is 1330 g/mol. The molecule has 4 heterocycles. The summed E-state index contributed by atoms with van der Waals surface area (Å²) >= 11 is 0. The lowest BCUT2D eigenvalue weighted by Crippen LogP contribution is -2.14. The summed E-state index contributed by atoms with van der Waals surface area (Å²) in [5.74, 6) is 0. The zero-order valence-corrected chi connectivity index (χ0v) is 61.4. The molecule has 0 fully saturated rings. The lowest BCUT2D eigenvalue weighted by Gasteiger charge is -2.21. The number of benzene rings is 18. The van der Waals surface area contributed by atoms with E-state index in [1.54, 1.807) is 0 Å². The molecule has 4 nitrogen and oxygen atoms in total. The van der Waals surface area contributed by atoms with Crippen LogP contribution in [0.4, 0.5) is 0 Å². The molecular formula is C106H72N4. The van der Waals surface area contributed by atoms with Crippen molar-refractivity contribution in [3.05, 3.63) is 386 Å². The zero-order valence-electron chi connectivity index (χ0n) is 61.4. The van der Waals surface area contributed by atoms with Crippen molar-refractivity contribution in [1.82, 2.24) is 18.3 Å². The van der Waals surface area contributed by atoms with Gasteiger partial charge in [-0.05, 0) is 220 Å². The molecule has 0 saturated carbocycles. The molecule has 0 bridgehead atoms. The molecule has 2 aliphatic carbocycles. The van der Waals surface area contributed by atoms with Crippen molar-refractivity contribution in [3.8, 4) is 67.3 Å². The largest absolute Gasteiger partial charge is 0.309 e. The molecule has 4 aromatic heterocycles. The van der Waals surface area contributed by atoms with Crippen molar-refractivity contribution in [2.75, 3.05) is 0 Å². The highest BCUT2D eigenvalue weighted by Crippen LogP contribution is 2.54. The fourth-order valence-corrected chi connectivity index (χ4v) is 19.6. The zero-order chi connectivity index (χ0) is 72.8. The van der Waals surface area contributed by atoms with Gasteiger partial charge in [-0.2, -0.15) is 0 Å². The Balaban J connectivity index is 0.000000132. The van der Waals surface area contributed by atoms with Gasteiger partial charge in [-0.25, -0.2) is 0 Å². The standard InChI is InChI=1S/2C53H36N2/c1-53(2)46-19-9-7-17-40(46)42-32-52-45(31-47(42)53)44-30-37(23-26-50(44)54(52)38-25-22-33-12-3-4-14-35(33)28-38)36-24-27-51-43(29-36)41-18-8-10-20-49(41)55(51)48-21-11-15-34-13-5-6-16-39(34)48;1-53(2)46-19-9-7-17-40(46)42-31-45-44-30-37(23-26-50(44)54(52(45)32-47(42)53)38-25-22-33-12-3-4-14-35(33)28-38)36-24-27-51-43(29-36)41-18-8-10-20-49(41)55(51)48-21-11-15-34-13-5-6-16-39(34)48/h2*3-32H,1-2H3. The third-order valence-electron chi connectivity index (χ3n) is 24.9. The first kappa shape index (κ1) is 62.4. The quantitative estimate of drug-likeness (QED) is 0.158. The van der Waals surface area contributed by atoms with Crippen LogP contribution in [0.5, 0.6) is 0 Å². The summed E-state index contributed by atoms with van der Waals surface area (Å²) in [6, 6.07) is 135. The number of nitrogens with zero attached hydrogens (tertiary/aromatic N) is 4. The maximum Gasteiger partial charge on any atom is 0.0547 e. The van der Waals surface area contributed by atoms with Crippen LogP contribution >= 0.6 is 0 Å². The van der Waals surface area contributed by atoms with Crippen LogP contribution in [-0.4, -0.2) is 18.3 Å². The van der Waals surface area contributed by atoms with Crippen LogP contribution in [0.15, 0.2) is 364 Å². The third-order valence-corrected chi connectivity index (χ3v) is 24.9. The molecule has 0 amide bonds. The van der Waals surface area contributed by atoms with Gasteiger partial charge in [0.2, 0.25) is 0 Å². The minimum atomic E-state index is -0.0867. The second-order valence-electron chi connectivity index (χ2n) is 31.5. The monoisotopic (exact) mass is 1400 g/mol. The van der Waals surface area contributed by atoms with E-state index in [1.165, 1.54) is 220 Å². The van der Waals surface area contributed by atoms with Crippen molar-refractivity contribution >= 4 is 130 Å². The minimum Gasteiger partial charge on any atom is -0.309 e. The predicted octanol–water partition coefficient (Wildman–Crippen LogP) is 28.3. The Morgan fingerprint density at radius 3 is 0.973 bits per heavy atom. The highest BCUT2D eigenvalue weighted by Gasteiger charge is 2.38. The average molecular weight is 1400 g/mol. The predicted molar refractivity (Wildman–Crippen MR) is 466 cm³/mol. The SMILES string of the molecule is CC1(C)c2ccccc2-c2cc3c(cc21)c1cc(-c2ccc4c(c2)c2ccccc2n4-c2cccc4ccccc24)ccc1n3-c1ccc2ccccc2c1.CC1(C)c2ccccc2-c2cc3c4cc(-c5ccc6c(c5)c5ccccc5n6-c5cccc6ccccc56)ccc4n(-c4ccc5ccccc5c4)c3cc21. The van der Waals surface area contributed by atoms with Gasteiger partial charge in [0.1, 0.15) is 0 Å². The second-order valence-corrected chi connectivity index (χ2v) is 31.5. The van der Waals surface area contributed by atoms with E-state index in [0.29, 0.717) is 0 Å². The van der Waals surface area contributed by atoms with E-state index in [-0.39, 0.29) is 10.8 Å². The molecule has 4 heteroatoms. The molecule has 0 aliphatic heterocycles. The molecule has 0 N–H and O–H groups in total. The van der Waals surface area contributed by atoms with Crippen LogP contribution in [0.3, 0.4) is 0 Å². The average Bonchev–Trinajstić information content (AvgIpc) is 1.56. The summed E-state index contributed by atoms with van der Waals surface area (Å²) in [4.78, 5) is 0. The van der Waals surface area contributed by atoms with Crippen LogP contribution in [-0.2, 0) is 10.8 Å². The summed E-state index contributed by atoms with van der Waals surface area (Å²) in [6.45, 7) is 9.50. The van der Waals surface area contributed by atoms with E-state index in [0.717, 1.165) is 0 Å². The van der Waals surface area contributed by atoms with E-state index in [2.05, 4.69) is 410 Å². The number of para-hydroxylation sites is 2. The molecule has 110 heavy (non-hydrogen) atoms. The minimum absolute atomic E-state index is 0.0849. The Kier molecular flexibility index (Phi) is 13.2. The van der Waals surface area contributed by atoms with Gasteiger partial charge in [-0.15, -0.1) is 0 Å². The van der Waals surface area contributed by atoms with Crippen LogP contribution in [0, 0.1) is 0 Å². The van der Waals surface area contributed by atoms with Crippen molar-refractivity contribution < 1.29 is 0 Å². The van der Waals surface area contributed by atoms with Crippen LogP contribution in [0.2, 0.25) is 0 Å². The number of hydrogen-bond acceptors (Lipinski definition) is 0. The third kappa shape index (κ3) is 9.08. The van der Waals surface area contributed by atoms with Gasteiger partial charge in [0.25, 0.3) is 0 Å². The second kappa shape index (κ2) is 23.4. The molecule has 0 spiro atoms. The van der Waals surface area contributed by atoms with Crippen LogP contribution in [0.25, 0.3) is 198 Å². The fourth-order valence-electron chi connectivity index (χ4n) is 19.6. The molecule has 2 aliphatic rings. The first-order valence-electron chi connectivity index (χ1n) is 38.5.